The van der Waals surface area contributed by atoms with Gasteiger partial charge in [0, 0.05) is 32.1 Å². The van der Waals surface area contributed by atoms with Crippen molar-refractivity contribution in [1.82, 2.24) is 15.3 Å². The van der Waals surface area contributed by atoms with Crippen LogP contribution < -0.4 is 15.5 Å². The first-order valence-corrected chi connectivity index (χ1v) is 7.44. The van der Waals surface area contributed by atoms with Gasteiger partial charge in [0.15, 0.2) is 0 Å². The Labute approximate surface area is 127 Å². The van der Waals surface area contributed by atoms with Gasteiger partial charge in [0.05, 0.1) is 6.54 Å². The van der Waals surface area contributed by atoms with Crippen LogP contribution in [-0.2, 0) is 4.79 Å². The largest absolute Gasteiger partial charge is 0.373 e. The predicted molar refractivity (Wildman–Crippen MR) is 87.0 cm³/mol. The van der Waals surface area contributed by atoms with Crippen LogP contribution in [0.25, 0.3) is 0 Å². The molecule has 1 rings (SSSR count). The first-order valence-electron chi connectivity index (χ1n) is 7.44. The maximum Gasteiger partial charge on any atom is 0.239 e. The molecule has 0 aliphatic rings. The molecule has 1 aromatic heterocycles. The molecule has 0 aliphatic heterocycles. The summed E-state index contributed by atoms with van der Waals surface area (Å²) < 4.78 is 0. The lowest BCUT2D eigenvalue weighted by Gasteiger charge is -2.22. The van der Waals surface area contributed by atoms with Crippen molar-refractivity contribution in [3.8, 4) is 0 Å². The summed E-state index contributed by atoms with van der Waals surface area (Å²) >= 11 is 0. The second-order valence-corrected chi connectivity index (χ2v) is 5.49. The van der Waals surface area contributed by atoms with Crippen molar-refractivity contribution >= 4 is 17.5 Å². The van der Waals surface area contributed by atoms with Crippen LogP contribution in [0.15, 0.2) is 0 Å². The minimum atomic E-state index is 0.00877. The lowest BCUT2D eigenvalue weighted by Crippen LogP contribution is -2.36. The van der Waals surface area contributed by atoms with Crippen molar-refractivity contribution < 1.29 is 4.79 Å². The van der Waals surface area contributed by atoms with Gasteiger partial charge in [0.2, 0.25) is 5.91 Å². The maximum absolute atomic E-state index is 11.9. The van der Waals surface area contributed by atoms with Crippen molar-refractivity contribution in [2.45, 2.75) is 40.0 Å². The van der Waals surface area contributed by atoms with Gasteiger partial charge in [0.25, 0.3) is 0 Å². The van der Waals surface area contributed by atoms with Crippen LogP contribution in [0.2, 0.25) is 0 Å². The highest BCUT2D eigenvalue weighted by Crippen LogP contribution is 2.24. The van der Waals surface area contributed by atoms with Crippen LogP contribution in [0.3, 0.4) is 0 Å². The first kappa shape index (κ1) is 17.2. The van der Waals surface area contributed by atoms with E-state index < -0.39 is 0 Å². The standard InChI is InChI=1S/C15H27N5O/c1-7-8-17-12(21)9-20(6)15-11(4)14(16-5)18-13(19-15)10(2)3/h10H,7-9H2,1-6H3,(H,17,21)(H,16,18,19). The van der Waals surface area contributed by atoms with Gasteiger partial charge in [-0.3, -0.25) is 4.79 Å². The van der Waals surface area contributed by atoms with Crippen molar-refractivity contribution in [3.63, 3.8) is 0 Å². The van der Waals surface area contributed by atoms with Crippen LogP contribution >= 0.6 is 0 Å². The number of rotatable bonds is 7. The Morgan fingerprint density at radius 2 is 2.00 bits per heavy atom. The summed E-state index contributed by atoms with van der Waals surface area (Å²) in [5, 5.41) is 5.97. The number of amides is 1. The molecule has 0 bridgehead atoms. The van der Waals surface area contributed by atoms with Crippen LogP contribution in [0.4, 0.5) is 11.6 Å². The third-order valence-corrected chi connectivity index (χ3v) is 3.21. The molecular weight excluding hydrogens is 266 g/mol. The third-order valence-electron chi connectivity index (χ3n) is 3.21. The van der Waals surface area contributed by atoms with E-state index in [-0.39, 0.29) is 11.8 Å². The summed E-state index contributed by atoms with van der Waals surface area (Å²) in [5.74, 6) is 2.63. The first-order chi connectivity index (χ1) is 9.90. The second-order valence-electron chi connectivity index (χ2n) is 5.49. The molecule has 1 aromatic rings. The van der Waals surface area contributed by atoms with E-state index in [1.165, 1.54) is 0 Å². The minimum Gasteiger partial charge on any atom is -0.373 e. The van der Waals surface area contributed by atoms with E-state index in [4.69, 9.17) is 0 Å². The fourth-order valence-electron chi connectivity index (χ4n) is 2.01. The molecule has 0 saturated carbocycles. The molecule has 0 spiro atoms. The number of carbonyl (C=O) groups excluding carboxylic acids is 1. The van der Waals surface area contributed by atoms with Crippen molar-refractivity contribution in [1.29, 1.82) is 0 Å². The molecule has 118 valence electrons. The third kappa shape index (κ3) is 4.58. The Morgan fingerprint density at radius 1 is 1.33 bits per heavy atom. The van der Waals surface area contributed by atoms with Gasteiger partial charge in [0.1, 0.15) is 17.5 Å². The molecule has 0 saturated heterocycles. The van der Waals surface area contributed by atoms with Crippen molar-refractivity contribution in [2.24, 2.45) is 0 Å². The average Bonchev–Trinajstić information content (AvgIpc) is 2.44. The molecule has 0 atom stereocenters. The Bertz CT molecular complexity index is 487. The van der Waals surface area contributed by atoms with Crippen LogP contribution in [0, 0.1) is 6.92 Å². The number of likely N-dealkylation sites (N-methyl/N-ethyl adjacent to an activating group) is 1. The smallest absolute Gasteiger partial charge is 0.239 e. The second kappa shape index (κ2) is 7.81. The SMILES string of the molecule is CCCNC(=O)CN(C)c1nc(C(C)C)nc(NC)c1C. The molecular formula is C15H27N5O. The normalized spacial score (nSPS) is 10.6. The molecule has 0 aliphatic carbocycles. The monoisotopic (exact) mass is 293 g/mol. The number of hydrogen-bond donors (Lipinski definition) is 2. The molecule has 0 fully saturated rings. The van der Waals surface area contributed by atoms with Gasteiger partial charge in [-0.1, -0.05) is 20.8 Å². The number of hydrogen-bond acceptors (Lipinski definition) is 5. The van der Waals surface area contributed by atoms with E-state index in [9.17, 15) is 4.79 Å². The maximum atomic E-state index is 11.9. The molecule has 0 radical (unpaired) electrons. The van der Waals surface area contributed by atoms with Gasteiger partial charge in [-0.05, 0) is 13.3 Å². The number of nitrogens with one attached hydrogen (secondary N) is 2. The zero-order valence-corrected chi connectivity index (χ0v) is 13.9. The summed E-state index contributed by atoms with van der Waals surface area (Å²) in [6, 6.07) is 0. The van der Waals surface area contributed by atoms with E-state index >= 15 is 0 Å². The van der Waals surface area contributed by atoms with Gasteiger partial charge in [-0.2, -0.15) is 0 Å². The lowest BCUT2D eigenvalue weighted by atomic mass is 10.2. The number of anilines is 2. The van der Waals surface area contributed by atoms with E-state index in [1.807, 2.05) is 32.8 Å². The highest BCUT2D eigenvalue weighted by atomic mass is 16.2. The number of nitrogens with zero attached hydrogens (tertiary/aromatic N) is 3. The quantitative estimate of drug-likeness (QED) is 0.803. The topological polar surface area (TPSA) is 70.2 Å². The van der Waals surface area contributed by atoms with Gasteiger partial charge >= 0.3 is 0 Å². The highest BCUT2D eigenvalue weighted by molar-refractivity contribution is 5.81. The Kier molecular flexibility index (Phi) is 6.39. The Balaban J connectivity index is 2.99. The molecule has 1 heterocycles. The Morgan fingerprint density at radius 3 is 2.52 bits per heavy atom. The van der Waals surface area contributed by atoms with E-state index in [0.29, 0.717) is 13.1 Å². The zero-order valence-electron chi connectivity index (χ0n) is 13.9. The molecule has 1 amide bonds. The summed E-state index contributed by atoms with van der Waals surface area (Å²) in [7, 11) is 3.72. The Hall–Kier alpha value is -1.85. The molecule has 21 heavy (non-hydrogen) atoms. The minimum absolute atomic E-state index is 0.00877. The molecule has 6 heteroatoms. The fourth-order valence-corrected chi connectivity index (χ4v) is 2.01. The summed E-state index contributed by atoms with van der Waals surface area (Å²) in [6.45, 7) is 9.11. The van der Waals surface area contributed by atoms with Gasteiger partial charge in [-0.25, -0.2) is 9.97 Å². The molecule has 2 N–H and O–H groups in total. The van der Waals surface area contributed by atoms with E-state index in [2.05, 4.69) is 34.4 Å². The fraction of sp³-hybridized carbons (Fsp3) is 0.667. The van der Waals surface area contributed by atoms with Crippen molar-refractivity contribution in [2.75, 3.05) is 37.4 Å². The average molecular weight is 293 g/mol. The van der Waals surface area contributed by atoms with Crippen LogP contribution in [0.1, 0.15) is 44.5 Å². The summed E-state index contributed by atoms with van der Waals surface area (Å²) in [6.07, 6.45) is 0.934. The van der Waals surface area contributed by atoms with Crippen molar-refractivity contribution in [3.05, 3.63) is 11.4 Å². The van der Waals surface area contributed by atoms with Crippen LogP contribution in [-0.4, -0.2) is 43.1 Å². The van der Waals surface area contributed by atoms with Gasteiger partial charge in [-0.15, -0.1) is 0 Å². The van der Waals surface area contributed by atoms with Crippen LogP contribution in [0.5, 0.6) is 0 Å². The number of aromatic nitrogens is 2. The molecule has 6 nitrogen and oxygen atoms in total. The lowest BCUT2D eigenvalue weighted by molar-refractivity contribution is -0.119. The number of carbonyl (C=O) groups is 1. The molecule has 0 unspecified atom stereocenters. The predicted octanol–water partition coefficient (Wildman–Crippen LogP) is 1.91. The van der Waals surface area contributed by atoms with E-state index in [1.54, 1.807) is 0 Å². The summed E-state index contributed by atoms with van der Waals surface area (Å²) in [4.78, 5) is 22.8. The highest BCUT2D eigenvalue weighted by Gasteiger charge is 2.17. The molecule has 0 aromatic carbocycles. The van der Waals surface area contributed by atoms with Gasteiger partial charge < -0.3 is 15.5 Å². The zero-order chi connectivity index (χ0) is 16.0. The summed E-state index contributed by atoms with van der Waals surface area (Å²) in [5.41, 5.74) is 0.952. The van der Waals surface area contributed by atoms with E-state index in [0.717, 1.165) is 29.4 Å².